The predicted molar refractivity (Wildman–Crippen MR) is 67.3 cm³/mol. The smallest absolute Gasteiger partial charge is 0.155 e. The van der Waals surface area contributed by atoms with Crippen LogP contribution in [0.2, 0.25) is 0 Å². The topological polar surface area (TPSA) is 41.6 Å². The molecule has 3 heteroatoms. The summed E-state index contributed by atoms with van der Waals surface area (Å²) < 4.78 is 0. The van der Waals surface area contributed by atoms with Crippen LogP contribution in [0.15, 0.2) is 61.1 Å². The van der Waals surface area contributed by atoms with Gasteiger partial charge in [0.05, 0.1) is 0 Å². The molecular formula is C14H11N3. The highest BCUT2D eigenvalue weighted by molar-refractivity contribution is 5.64. The monoisotopic (exact) mass is 221 g/mol. The molecule has 3 nitrogen and oxygen atoms in total. The average Bonchev–Trinajstić information content (AvgIpc) is 2.94. The van der Waals surface area contributed by atoms with Crippen molar-refractivity contribution in [1.82, 2.24) is 15.0 Å². The molecule has 0 amide bonds. The van der Waals surface area contributed by atoms with Gasteiger partial charge in [-0.15, -0.1) is 0 Å². The molecule has 0 aliphatic rings. The predicted octanol–water partition coefficient (Wildman–Crippen LogP) is 3.14. The first-order chi connectivity index (χ1) is 8.43. The molecule has 1 aromatic carbocycles. The third-order valence-corrected chi connectivity index (χ3v) is 2.61. The van der Waals surface area contributed by atoms with Gasteiger partial charge < -0.3 is 4.98 Å². The maximum absolute atomic E-state index is 4.40. The fraction of sp³-hybridized carbons (Fsp3) is 0. The minimum atomic E-state index is 0.796. The summed E-state index contributed by atoms with van der Waals surface area (Å²) in [7, 11) is 0. The van der Waals surface area contributed by atoms with Crippen molar-refractivity contribution in [2.45, 2.75) is 0 Å². The zero-order valence-corrected chi connectivity index (χ0v) is 9.17. The van der Waals surface area contributed by atoms with E-state index in [9.17, 15) is 0 Å². The van der Waals surface area contributed by atoms with Gasteiger partial charge in [-0.05, 0) is 11.6 Å². The van der Waals surface area contributed by atoms with E-state index in [-0.39, 0.29) is 0 Å². The highest BCUT2D eigenvalue weighted by Crippen LogP contribution is 2.20. The van der Waals surface area contributed by atoms with Crippen LogP contribution in [-0.2, 0) is 0 Å². The molecule has 0 saturated heterocycles. The number of hydrogen-bond acceptors (Lipinski definition) is 2. The molecule has 2 heterocycles. The van der Waals surface area contributed by atoms with Crippen LogP contribution in [0, 0.1) is 0 Å². The summed E-state index contributed by atoms with van der Waals surface area (Å²) in [4.78, 5) is 11.6. The van der Waals surface area contributed by atoms with Gasteiger partial charge in [-0.3, -0.25) is 4.98 Å². The number of aromatic amines is 1. The summed E-state index contributed by atoms with van der Waals surface area (Å²) in [6.07, 6.45) is 5.39. The van der Waals surface area contributed by atoms with Crippen molar-refractivity contribution in [3.05, 3.63) is 61.1 Å². The number of hydrogen-bond donors (Lipinski definition) is 1. The Morgan fingerprint density at radius 1 is 0.824 bits per heavy atom. The van der Waals surface area contributed by atoms with Crippen LogP contribution in [0.25, 0.3) is 22.6 Å². The summed E-state index contributed by atoms with van der Waals surface area (Å²) in [5.41, 5.74) is 3.14. The molecule has 0 saturated carbocycles. The Morgan fingerprint density at radius 2 is 1.71 bits per heavy atom. The van der Waals surface area contributed by atoms with Gasteiger partial charge in [0.1, 0.15) is 5.69 Å². The van der Waals surface area contributed by atoms with Crippen molar-refractivity contribution < 1.29 is 0 Å². The Balaban J connectivity index is 1.96. The number of H-pyrrole nitrogens is 1. The largest absolute Gasteiger partial charge is 0.343 e. The molecule has 0 aliphatic heterocycles. The average molecular weight is 221 g/mol. The molecule has 0 atom stereocenters. The molecule has 0 unspecified atom stereocenters. The molecule has 2 aromatic heterocycles. The maximum Gasteiger partial charge on any atom is 0.155 e. The van der Waals surface area contributed by atoms with Crippen LogP contribution in [0.4, 0.5) is 0 Å². The highest BCUT2D eigenvalue weighted by atomic mass is 14.9. The molecule has 0 aliphatic carbocycles. The Bertz CT molecular complexity index is 583. The zero-order valence-electron chi connectivity index (χ0n) is 9.17. The number of nitrogens with zero attached hydrogens (tertiary/aromatic N) is 2. The first kappa shape index (κ1) is 9.78. The molecule has 1 N–H and O–H groups in total. The molecule has 0 bridgehead atoms. The van der Waals surface area contributed by atoms with Crippen LogP contribution in [-0.4, -0.2) is 15.0 Å². The number of rotatable bonds is 2. The molecule has 0 radical (unpaired) electrons. The molecule has 0 fully saturated rings. The van der Waals surface area contributed by atoms with E-state index in [0.717, 1.165) is 17.1 Å². The first-order valence-electron chi connectivity index (χ1n) is 5.45. The fourth-order valence-electron chi connectivity index (χ4n) is 1.74. The highest BCUT2D eigenvalue weighted by Gasteiger charge is 2.02. The molecule has 3 rings (SSSR count). The van der Waals surface area contributed by atoms with Gasteiger partial charge in [0.2, 0.25) is 0 Å². The Hall–Kier alpha value is -2.42. The summed E-state index contributed by atoms with van der Waals surface area (Å²) in [5, 5.41) is 0. The molecular weight excluding hydrogens is 210 g/mol. The molecule has 0 spiro atoms. The van der Waals surface area contributed by atoms with Gasteiger partial charge in [-0.25, -0.2) is 4.98 Å². The number of nitrogens with one attached hydrogen (secondary N) is 1. The lowest BCUT2D eigenvalue weighted by atomic mass is 10.1. The van der Waals surface area contributed by atoms with Crippen LogP contribution in [0.5, 0.6) is 0 Å². The summed E-state index contributed by atoms with van der Waals surface area (Å²) in [6.45, 7) is 0. The van der Waals surface area contributed by atoms with Crippen molar-refractivity contribution in [2.24, 2.45) is 0 Å². The van der Waals surface area contributed by atoms with E-state index in [1.807, 2.05) is 30.5 Å². The minimum Gasteiger partial charge on any atom is -0.343 e. The number of aromatic nitrogens is 3. The van der Waals surface area contributed by atoms with Crippen molar-refractivity contribution in [1.29, 1.82) is 0 Å². The third kappa shape index (κ3) is 1.95. The van der Waals surface area contributed by atoms with E-state index in [1.165, 1.54) is 5.56 Å². The second kappa shape index (κ2) is 4.22. The van der Waals surface area contributed by atoms with Crippen molar-refractivity contribution in [2.75, 3.05) is 0 Å². The van der Waals surface area contributed by atoms with Gasteiger partial charge in [0.15, 0.2) is 5.82 Å². The van der Waals surface area contributed by atoms with E-state index in [2.05, 4.69) is 33.2 Å². The standard InChI is InChI=1S/C14H11N3/c1-2-4-11(5-3-1)12-6-7-13(17-10-12)14-15-8-9-16-14/h1-10H,(H,15,16). The lowest BCUT2D eigenvalue weighted by molar-refractivity contribution is 1.22. The van der Waals surface area contributed by atoms with E-state index >= 15 is 0 Å². The quantitative estimate of drug-likeness (QED) is 0.722. The van der Waals surface area contributed by atoms with E-state index < -0.39 is 0 Å². The first-order valence-corrected chi connectivity index (χ1v) is 5.45. The maximum atomic E-state index is 4.40. The van der Waals surface area contributed by atoms with E-state index in [0.29, 0.717) is 0 Å². The van der Waals surface area contributed by atoms with E-state index in [1.54, 1.807) is 12.4 Å². The lowest BCUT2D eigenvalue weighted by Crippen LogP contribution is -1.86. The van der Waals surface area contributed by atoms with Gasteiger partial charge in [-0.2, -0.15) is 0 Å². The van der Waals surface area contributed by atoms with Gasteiger partial charge in [0.25, 0.3) is 0 Å². The Kier molecular flexibility index (Phi) is 2.43. The summed E-state index contributed by atoms with van der Waals surface area (Å²) in [5.74, 6) is 0.796. The van der Waals surface area contributed by atoms with E-state index in [4.69, 9.17) is 0 Å². The second-order valence-corrected chi connectivity index (χ2v) is 3.74. The Morgan fingerprint density at radius 3 is 2.35 bits per heavy atom. The normalized spacial score (nSPS) is 10.4. The summed E-state index contributed by atoms with van der Waals surface area (Å²) in [6, 6.07) is 14.2. The van der Waals surface area contributed by atoms with Crippen molar-refractivity contribution in [3.63, 3.8) is 0 Å². The van der Waals surface area contributed by atoms with Crippen LogP contribution < -0.4 is 0 Å². The van der Waals surface area contributed by atoms with Gasteiger partial charge in [0, 0.05) is 24.2 Å². The van der Waals surface area contributed by atoms with Crippen LogP contribution in [0.1, 0.15) is 0 Å². The molecule has 3 aromatic rings. The fourth-order valence-corrected chi connectivity index (χ4v) is 1.74. The van der Waals surface area contributed by atoms with Gasteiger partial charge >= 0.3 is 0 Å². The van der Waals surface area contributed by atoms with Crippen LogP contribution in [0.3, 0.4) is 0 Å². The Labute approximate surface area is 99.2 Å². The number of benzene rings is 1. The lowest BCUT2D eigenvalue weighted by Gasteiger charge is -2.01. The van der Waals surface area contributed by atoms with Crippen LogP contribution >= 0.6 is 0 Å². The van der Waals surface area contributed by atoms with Crippen molar-refractivity contribution in [3.8, 4) is 22.6 Å². The second-order valence-electron chi connectivity index (χ2n) is 3.74. The number of pyridine rings is 1. The van der Waals surface area contributed by atoms with Crippen molar-refractivity contribution >= 4 is 0 Å². The minimum absolute atomic E-state index is 0.796. The number of imidazole rings is 1. The third-order valence-electron chi connectivity index (χ3n) is 2.61. The van der Waals surface area contributed by atoms with Gasteiger partial charge in [-0.1, -0.05) is 36.4 Å². The zero-order chi connectivity index (χ0) is 11.5. The molecule has 82 valence electrons. The molecule has 17 heavy (non-hydrogen) atoms. The SMILES string of the molecule is c1ccc(-c2ccc(-c3ncc[nH]3)nc2)cc1. The summed E-state index contributed by atoms with van der Waals surface area (Å²) >= 11 is 0.